The third-order valence-corrected chi connectivity index (χ3v) is 4.21. The summed E-state index contributed by atoms with van der Waals surface area (Å²) >= 11 is 0. The van der Waals surface area contributed by atoms with E-state index in [4.69, 9.17) is 0 Å². The summed E-state index contributed by atoms with van der Waals surface area (Å²) in [5.74, 6) is 0.872. The molecule has 1 aliphatic heterocycles. The second kappa shape index (κ2) is 7.44. The Labute approximate surface area is 122 Å². The van der Waals surface area contributed by atoms with Gasteiger partial charge in [-0.05, 0) is 56.8 Å². The first kappa shape index (κ1) is 15.0. The van der Waals surface area contributed by atoms with Crippen LogP contribution in [0.1, 0.15) is 30.9 Å². The Morgan fingerprint density at radius 1 is 1.40 bits per heavy atom. The Kier molecular flexibility index (Phi) is 5.60. The monoisotopic (exact) mass is 274 g/mol. The number of piperidine rings is 1. The summed E-state index contributed by atoms with van der Waals surface area (Å²) in [6, 6.07) is 8.17. The van der Waals surface area contributed by atoms with Gasteiger partial charge in [0.15, 0.2) is 0 Å². The van der Waals surface area contributed by atoms with Crippen LogP contribution in [0, 0.1) is 12.8 Å². The lowest BCUT2D eigenvalue weighted by Gasteiger charge is -2.29. The van der Waals surface area contributed by atoms with E-state index in [1.165, 1.54) is 18.4 Å². The van der Waals surface area contributed by atoms with Gasteiger partial charge in [0.2, 0.25) is 5.91 Å². The first-order chi connectivity index (χ1) is 9.70. The summed E-state index contributed by atoms with van der Waals surface area (Å²) in [6.45, 7) is 8.03. The molecular weight excluding hydrogens is 248 g/mol. The molecule has 1 amide bonds. The molecule has 0 bridgehead atoms. The van der Waals surface area contributed by atoms with Crippen molar-refractivity contribution in [3.05, 3.63) is 35.4 Å². The summed E-state index contributed by atoms with van der Waals surface area (Å²) in [5, 5.41) is 3.42. The van der Waals surface area contributed by atoms with E-state index < -0.39 is 0 Å². The molecule has 0 aliphatic carbocycles. The highest BCUT2D eigenvalue weighted by Crippen LogP contribution is 2.14. The number of amides is 1. The maximum atomic E-state index is 12.5. The van der Waals surface area contributed by atoms with Crippen LogP contribution in [-0.4, -0.2) is 37.0 Å². The first-order valence-corrected chi connectivity index (χ1v) is 7.73. The lowest BCUT2D eigenvalue weighted by molar-refractivity contribution is -0.131. The number of rotatable bonds is 5. The molecule has 1 unspecified atom stereocenters. The average molecular weight is 274 g/mol. The van der Waals surface area contributed by atoms with Gasteiger partial charge in [-0.3, -0.25) is 4.79 Å². The van der Waals surface area contributed by atoms with Crippen molar-refractivity contribution in [2.24, 2.45) is 5.92 Å². The standard InChI is InChI=1S/C17H26N2O/c1-3-19(13-15-8-6-10-18-12-15)17(20)11-16-9-5-4-7-14(16)2/h4-5,7,9,15,18H,3,6,8,10-13H2,1-2H3. The van der Waals surface area contributed by atoms with E-state index in [0.717, 1.165) is 31.7 Å². The number of likely N-dealkylation sites (N-methyl/N-ethyl adjacent to an activating group) is 1. The minimum atomic E-state index is 0.257. The Morgan fingerprint density at radius 2 is 2.20 bits per heavy atom. The van der Waals surface area contributed by atoms with E-state index in [0.29, 0.717) is 12.3 Å². The van der Waals surface area contributed by atoms with Crippen LogP contribution in [0.3, 0.4) is 0 Å². The van der Waals surface area contributed by atoms with Crippen LogP contribution in [-0.2, 0) is 11.2 Å². The van der Waals surface area contributed by atoms with E-state index in [-0.39, 0.29) is 5.91 Å². The van der Waals surface area contributed by atoms with Gasteiger partial charge in [0.1, 0.15) is 0 Å². The lowest BCUT2D eigenvalue weighted by atomic mass is 9.98. The van der Waals surface area contributed by atoms with Gasteiger partial charge < -0.3 is 10.2 Å². The average Bonchev–Trinajstić information content (AvgIpc) is 2.48. The molecule has 3 heteroatoms. The predicted molar refractivity (Wildman–Crippen MR) is 82.7 cm³/mol. The molecule has 1 aromatic rings. The highest BCUT2D eigenvalue weighted by Gasteiger charge is 2.20. The van der Waals surface area contributed by atoms with Crippen LogP contribution >= 0.6 is 0 Å². The van der Waals surface area contributed by atoms with Crippen LogP contribution in [0.15, 0.2) is 24.3 Å². The summed E-state index contributed by atoms with van der Waals surface area (Å²) in [7, 11) is 0. The Morgan fingerprint density at radius 3 is 2.85 bits per heavy atom. The third-order valence-electron chi connectivity index (χ3n) is 4.21. The fraction of sp³-hybridized carbons (Fsp3) is 0.588. The van der Waals surface area contributed by atoms with E-state index in [9.17, 15) is 4.79 Å². The Balaban J connectivity index is 1.93. The van der Waals surface area contributed by atoms with Gasteiger partial charge in [-0.15, -0.1) is 0 Å². The number of carbonyl (C=O) groups is 1. The molecule has 1 heterocycles. The summed E-state index contributed by atoms with van der Waals surface area (Å²) in [5.41, 5.74) is 2.36. The Hall–Kier alpha value is -1.35. The Bertz CT molecular complexity index is 438. The van der Waals surface area contributed by atoms with Crippen molar-refractivity contribution in [1.82, 2.24) is 10.2 Å². The number of carbonyl (C=O) groups excluding carboxylic acids is 1. The normalized spacial score (nSPS) is 18.8. The first-order valence-electron chi connectivity index (χ1n) is 7.73. The van der Waals surface area contributed by atoms with Gasteiger partial charge in [-0.25, -0.2) is 0 Å². The van der Waals surface area contributed by atoms with E-state index in [2.05, 4.69) is 31.3 Å². The molecule has 0 aromatic heterocycles. The van der Waals surface area contributed by atoms with Gasteiger partial charge in [-0.2, -0.15) is 0 Å². The maximum absolute atomic E-state index is 12.5. The van der Waals surface area contributed by atoms with Gasteiger partial charge in [-0.1, -0.05) is 24.3 Å². The summed E-state index contributed by atoms with van der Waals surface area (Å²) in [4.78, 5) is 14.5. The highest BCUT2D eigenvalue weighted by molar-refractivity contribution is 5.79. The molecule has 2 rings (SSSR count). The number of hydrogen-bond donors (Lipinski definition) is 1. The van der Waals surface area contributed by atoms with Crippen LogP contribution in [0.5, 0.6) is 0 Å². The SMILES string of the molecule is CCN(CC1CCCNC1)C(=O)Cc1ccccc1C. The summed E-state index contributed by atoms with van der Waals surface area (Å²) < 4.78 is 0. The molecule has 1 fully saturated rings. The van der Waals surface area contributed by atoms with Gasteiger partial charge in [0, 0.05) is 13.1 Å². The van der Waals surface area contributed by atoms with Crippen LogP contribution in [0.25, 0.3) is 0 Å². The van der Waals surface area contributed by atoms with Crippen molar-refractivity contribution >= 4 is 5.91 Å². The van der Waals surface area contributed by atoms with Crippen molar-refractivity contribution in [3.8, 4) is 0 Å². The molecule has 1 aliphatic rings. The molecular formula is C17H26N2O. The quantitative estimate of drug-likeness (QED) is 0.894. The zero-order chi connectivity index (χ0) is 14.4. The molecule has 3 nitrogen and oxygen atoms in total. The third kappa shape index (κ3) is 4.07. The molecule has 1 saturated heterocycles. The largest absolute Gasteiger partial charge is 0.342 e. The minimum absolute atomic E-state index is 0.257. The lowest BCUT2D eigenvalue weighted by Crippen LogP contribution is -2.41. The molecule has 0 radical (unpaired) electrons. The molecule has 1 N–H and O–H groups in total. The fourth-order valence-corrected chi connectivity index (χ4v) is 2.88. The van der Waals surface area contributed by atoms with E-state index in [1.807, 2.05) is 17.0 Å². The van der Waals surface area contributed by atoms with Crippen molar-refractivity contribution in [2.45, 2.75) is 33.1 Å². The molecule has 1 atom stereocenters. The number of nitrogens with zero attached hydrogens (tertiary/aromatic N) is 1. The maximum Gasteiger partial charge on any atom is 0.227 e. The number of benzene rings is 1. The number of nitrogens with one attached hydrogen (secondary N) is 1. The van der Waals surface area contributed by atoms with Gasteiger partial charge >= 0.3 is 0 Å². The predicted octanol–water partition coefficient (Wildman–Crippen LogP) is 2.39. The molecule has 20 heavy (non-hydrogen) atoms. The number of hydrogen-bond acceptors (Lipinski definition) is 2. The molecule has 110 valence electrons. The van der Waals surface area contributed by atoms with Crippen LogP contribution < -0.4 is 5.32 Å². The van der Waals surface area contributed by atoms with Crippen molar-refractivity contribution in [3.63, 3.8) is 0 Å². The smallest absolute Gasteiger partial charge is 0.227 e. The minimum Gasteiger partial charge on any atom is -0.342 e. The van der Waals surface area contributed by atoms with Gasteiger partial charge in [0.05, 0.1) is 6.42 Å². The van der Waals surface area contributed by atoms with Gasteiger partial charge in [0.25, 0.3) is 0 Å². The zero-order valence-corrected chi connectivity index (χ0v) is 12.7. The van der Waals surface area contributed by atoms with Crippen molar-refractivity contribution < 1.29 is 4.79 Å². The fourth-order valence-electron chi connectivity index (χ4n) is 2.88. The van der Waals surface area contributed by atoms with Crippen molar-refractivity contribution in [2.75, 3.05) is 26.2 Å². The van der Waals surface area contributed by atoms with E-state index >= 15 is 0 Å². The molecule has 0 saturated carbocycles. The topological polar surface area (TPSA) is 32.3 Å². The zero-order valence-electron chi connectivity index (χ0n) is 12.7. The van der Waals surface area contributed by atoms with E-state index in [1.54, 1.807) is 0 Å². The number of aryl methyl sites for hydroxylation is 1. The summed E-state index contributed by atoms with van der Waals surface area (Å²) in [6.07, 6.45) is 3.00. The molecule has 0 spiro atoms. The molecule has 1 aromatic carbocycles. The second-order valence-corrected chi connectivity index (χ2v) is 5.75. The van der Waals surface area contributed by atoms with Crippen LogP contribution in [0.2, 0.25) is 0 Å². The van der Waals surface area contributed by atoms with Crippen LogP contribution in [0.4, 0.5) is 0 Å². The highest BCUT2D eigenvalue weighted by atomic mass is 16.2. The van der Waals surface area contributed by atoms with Crippen molar-refractivity contribution in [1.29, 1.82) is 0 Å². The second-order valence-electron chi connectivity index (χ2n) is 5.75.